The average molecular weight is 416 g/mol. The molecule has 2 aromatic heterocycles. The van der Waals surface area contributed by atoms with Crippen molar-refractivity contribution >= 4 is 22.5 Å². The zero-order chi connectivity index (χ0) is 21.5. The number of hydrogen-bond acceptors (Lipinski definition) is 2. The second kappa shape index (κ2) is 7.33. The summed E-state index contributed by atoms with van der Waals surface area (Å²) in [6.07, 6.45) is 0.489. The van der Waals surface area contributed by atoms with Gasteiger partial charge in [-0.25, -0.2) is 9.07 Å². The van der Waals surface area contributed by atoms with Crippen LogP contribution in [0.2, 0.25) is 0 Å². The first-order valence-corrected chi connectivity index (χ1v) is 9.09. The van der Waals surface area contributed by atoms with Crippen LogP contribution in [0, 0.1) is 5.82 Å². The van der Waals surface area contributed by atoms with Crippen LogP contribution in [0.25, 0.3) is 27.7 Å². The molecule has 0 saturated carbocycles. The van der Waals surface area contributed by atoms with Crippen LogP contribution in [0.15, 0.2) is 55.0 Å². The lowest BCUT2D eigenvalue weighted by atomic mass is 10.1. The van der Waals surface area contributed by atoms with E-state index in [0.717, 1.165) is 12.1 Å². The Labute approximate surface area is 168 Å². The van der Waals surface area contributed by atoms with E-state index < -0.39 is 17.6 Å². The van der Waals surface area contributed by atoms with Gasteiger partial charge in [-0.05, 0) is 42.0 Å². The van der Waals surface area contributed by atoms with E-state index in [9.17, 15) is 22.4 Å². The first-order valence-electron chi connectivity index (χ1n) is 9.09. The van der Waals surface area contributed by atoms with Gasteiger partial charge in [0.2, 0.25) is 5.91 Å². The number of anilines is 1. The van der Waals surface area contributed by atoms with Crippen molar-refractivity contribution in [2.24, 2.45) is 0 Å². The smallest absolute Gasteiger partial charge is 0.357 e. The summed E-state index contributed by atoms with van der Waals surface area (Å²) in [6, 6.07) is 7.63. The highest BCUT2D eigenvalue weighted by Crippen LogP contribution is 2.32. The maximum atomic E-state index is 14.6. The van der Waals surface area contributed by atoms with Crippen molar-refractivity contribution < 1.29 is 22.4 Å². The highest BCUT2D eigenvalue weighted by atomic mass is 19.4. The summed E-state index contributed by atoms with van der Waals surface area (Å²) in [7, 11) is 0. The number of halogens is 4. The fourth-order valence-corrected chi connectivity index (χ4v) is 3.11. The predicted molar refractivity (Wildman–Crippen MR) is 105 cm³/mol. The molecule has 9 heteroatoms. The van der Waals surface area contributed by atoms with Gasteiger partial charge in [0.25, 0.3) is 0 Å². The molecule has 0 aliphatic heterocycles. The van der Waals surface area contributed by atoms with Crippen molar-refractivity contribution in [1.29, 1.82) is 0 Å². The largest absolute Gasteiger partial charge is 0.416 e. The molecule has 0 fully saturated rings. The zero-order valence-electron chi connectivity index (χ0n) is 15.7. The topological polar surface area (TPSA) is 62.7 Å². The Kier molecular flexibility index (Phi) is 4.81. The van der Waals surface area contributed by atoms with Gasteiger partial charge in [-0.2, -0.15) is 18.3 Å². The number of rotatable bonds is 4. The predicted octanol–water partition coefficient (Wildman–Crippen LogP) is 5.53. The van der Waals surface area contributed by atoms with Gasteiger partial charge in [0.15, 0.2) is 0 Å². The summed E-state index contributed by atoms with van der Waals surface area (Å²) >= 11 is 0. The van der Waals surface area contributed by atoms with Crippen LogP contribution in [-0.2, 0) is 11.0 Å². The summed E-state index contributed by atoms with van der Waals surface area (Å²) in [4.78, 5) is 14.5. The Bertz CT molecular complexity index is 1220. The van der Waals surface area contributed by atoms with Gasteiger partial charge in [-0.15, -0.1) is 0 Å². The van der Waals surface area contributed by atoms with E-state index in [4.69, 9.17) is 0 Å². The molecular formula is C21H16F4N4O. The zero-order valence-corrected chi connectivity index (χ0v) is 15.7. The SMILES string of the molecule is CCC(=O)Nc1c[nH]c2c(F)cc(-c3cnn(-c4ccc(C(F)(F)F)cc4)c3)cc12. The summed E-state index contributed by atoms with van der Waals surface area (Å²) in [6.45, 7) is 1.71. The number of hydrogen-bond donors (Lipinski definition) is 2. The van der Waals surface area contributed by atoms with E-state index in [-0.39, 0.29) is 17.8 Å². The van der Waals surface area contributed by atoms with Crippen LogP contribution >= 0.6 is 0 Å². The summed E-state index contributed by atoms with van der Waals surface area (Å²) in [5.41, 5.74) is 1.51. The van der Waals surface area contributed by atoms with E-state index in [2.05, 4.69) is 15.4 Å². The molecule has 2 aromatic carbocycles. The number of fused-ring (bicyclic) bond motifs is 1. The Hall–Kier alpha value is -3.62. The third kappa shape index (κ3) is 3.66. The molecule has 2 heterocycles. The Morgan fingerprint density at radius 3 is 2.57 bits per heavy atom. The standard InChI is InChI=1S/C21H16F4N4O/c1-2-19(30)28-18-10-26-20-16(18)7-12(8-17(20)22)13-9-27-29(11-13)15-5-3-14(4-6-15)21(23,24)25/h3-11,26H,2H2,1H3,(H,28,30). The molecule has 2 N–H and O–H groups in total. The molecule has 0 spiro atoms. The number of H-pyrrole nitrogens is 1. The molecule has 0 aliphatic carbocycles. The number of alkyl halides is 3. The molecule has 154 valence electrons. The normalized spacial score (nSPS) is 11.8. The number of aromatic nitrogens is 3. The minimum atomic E-state index is -4.41. The first kappa shape index (κ1) is 19.7. The molecule has 0 saturated heterocycles. The lowest BCUT2D eigenvalue weighted by Crippen LogP contribution is -2.08. The monoisotopic (exact) mass is 416 g/mol. The number of nitrogens with one attached hydrogen (secondary N) is 2. The molecule has 1 amide bonds. The second-order valence-corrected chi connectivity index (χ2v) is 6.70. The van der Waals surface area contributed by atoms with Crippen molar-refractivity contribution in [1.82, 2.24) is 14.8 Å². The van der Waals surface area contributed by atoms with Gasteiger partial charge < -0.3 is 10.3 Å². The minimum absolute atomic E-state index is 0.197. The number of amides is 1. The van der Waals surface area contributed by atoms with Crippen LogP contribution < -0.4 is 5.32 Å². The molecule has 0 atom stereocenters. The van der Waals surface area contributed by atoms with Gasteiger partial charge in [-0.1, -0.05) is 6.92 Å². The maximum Gasteiger partial charge on any atom is 0.416 e. The summed E-state index contributed by atoms with van der Waals surface area (Å²) < 4.78 is 54.2. The van der Waals surface area contributed by atoms with Gasteiger partial charge in [0.1, 0.15) is 5.82 Å². The highest BCUT2D eigenvalue weighted by Gasteiger charge is 2.30. The third-order valence-corrected chi connectivity index (χ3v) is 4.71. The maximum absolute atomic E-state index is 14.6. The molecule has 0 bridgehead atoms. The Morgan fingerprint density at radius 1 is 1.17 bits per heavy atom. The van der Waals surface area contributed by atoms with Gasteiger partial charge in [0, 0.05) is 29.8 Å². The summed E-state index contributed by atoms with van der Waals surface area (Å²) in [5.74, 6) is -0.696. The number of nitrogens with zero attached hydrogens (tertiary/aromatic N) is 2. The highest BCUT2D eigenvalue weighted by molar-refractivity contribution is 6.03. The lowest BCUT2D eigenvalue weighted by molar-refractivity contribution is -0.137. The molecule has 30 heavy (non-hydrogen) atoms. The number of carbonyl (C=O) groups is 1. The van der Waals surface area contributed by atoms with Crippen molar-refractivity contribution in [3.63, 3.8) is 0 Å². The first-order chi connectivity index (χ1) is 14.3. The van der Waals surface area contributed by atoms with Crippen molar-refractivity contribution in [2.75, 3.05) is 5.32 Å². The van der Waals surface area contributed by atoms with E-state index in [0.29, 0.717) is 27.9 Å². The van der Waals surface area contributed by atoms with Gasteiger partial charge in [0.05, 0.1) is 28.7 Å². The molecule has 0 radical (unpaired) electrons. The average Bonchev–Trinajstić information content (AvgIpc) is 3.35. The molecule has 4 rings (SSSR count). The van der Waals surface area contributed by atoms with Crippen LogP contribution in [0.1, 0.15) is 18.9 Å². The molecule has 5 nitrogen and oxygen atoms in total. The summed E-state index contributed by atoms with van der Waals surface area (Å²) in [5, 5.41) is 7.40. The van der Waals surface area contributed by atoms with E-state index in [1.54, 1.807) is 19.2 Å². The van der Waals surface area contributed by atoms with E-state index in [1.165, 1.54) is 35.3 Å². The molecular weight excluding hydrogens is 400 g/mol. The Balaban J connectivity index is 1.69. The van der Waals surface area contributed by atoms with Crippen molar-refractivity contribution in [3.8, 4) is 16.8 Å². The van der Waals surface area contributed by atoms with Crippen LogP contribution in [0.3, 0.4) is 0 Å². The van der Waals surface area contributed by atoms with Crippen molar-refractivity contribution in [2.45, 2.75) is 19.5 Å². The van der Waals surface area contributed by atoms with E-state index in [1.807, 2.05) is 0 Å². The van der Waals surface area contributed by atoms with Crippen LogP contribution in [0.4, 0.5) is 23.2 Å². The van der Waals surface area contributed by atoms with Gasteiger partial charge in [-0.3, -0.25) is 4.79 Å². The van der Waals surface area contributed by atoms with Crippen LogP contribution in [0.5, 0.6) is 0 Å². The fraction of sp³-hybridized carbons (Fsp3) is 0.143. The second-order valence-electron chi connectivity index (χ2n) is 6.70. The number of aromatic amines is 1. The minimum Gasteiger partial charge on any atom is -0.357 e. The van der Waals surface area contributed by atoms with Crippen LogP contribution in [-0.4, -0.2) is 20.7 Å². The molecule has 4 aromatic rings. The number of carbonyl (C=O) groups excluding carboxylic acids is 1. The third-order valence-electron chi connectivity index (χ3n) is 4.71. The van der Waals surface area contributed by atoms with Crippen molar-refractivity contribution in [3.05, 3.63) is 66.4 Å². The molecule has 0 aliphatic rings. The number of benzene rings is 2. The molecule has 0 unspecified atom stereocenters. The fourth-order valence-electron chi connectivity index (χ4n) is 3.11. The van der Waals surface area contributed by atoms with E-state index >= 15 is 0 Å². The quantitative estimate of drug-likeness (QED) is 0.430. The van der Waals surface area contributed by atoms with Gasteiger partial charge >= 0.3 is 6.18 Å². The Morgan fingerprint density at radius 2 is 1.90 bits per heavy atom. The lowest BCUT2D eigenvalue weighted by Gasteiger charge is -2.07.